The zero-order valence-corrected chi connectivity index (χ0v) is 24.2. The van der Waals surface area contributed by atoms with Crippen LogP contribution in [0.1, 0.15) is 15.9 Å². The number of fused-ring (bicyclic) bond motifs is 2. The first-order valence-corrected chi connectivity index (χ1v) is 15.0. The number of anilines is 1. The van der Waals surface area contributed by atoms with Crippen LogP contribution in [0.15, 0.2) is 89.6 Å². The first kappa shape index (κ1) is 27.2. The van der Waals surface area contributed by atoms with Crippen LogP contribution < -0.4 is 9.62 Å². The number of aryl methyl sites for hydroxylation is 1. The van der Waals surface area contributed by atoms with Crippen LogP contribution in [0.3, 0.4) is 0 Å². The van der Waals surface area contributed by atoms with E-state index in [0.29, 0.717) is 44.6 Å². The van der Waals surface area contributed by atoms with Gasteiger partial charge >= 0.3 is 0 Å². The van der Waals surface area contributed by atoms with Gasteiger partial charge in [0.05, 0.1) is 28.5 Å². The first-order valence-electron chi connectivity index (χ1n) is 13.1. The molecule has 0 spiro atoms. The summed E-state index contributed by atoms with van der Waals surface area (Å²) < 4.78 is 48.4. The Morgan fingerprint density at radius 3 is 2.38 bits per heavy atom. The number of hydrogen-bond donors (Lipinski definition) is 1. The summed E-state index contributed by atoms with van der Waals surface area (Å²) in [5.74, 6) is -0.292. The van der Waals surface area contributed by atoms with Gasteiger partial charge < -0.3 is 14.3 Å². The summed E-state index contributed by atoms with van der Waals surface area (Å²) in [5, 5.41) is 3.23. The average Bonchev–Trinajstić information content (AvgIpc) is 3.57. The summed E-state index contributed by atoms with van der Waals surface area (Å²) in [6.45, 7) is 1.97. The second-order valence-electron chi connectivity index (χ2n) is 10.1. The fourth-order valence-corrected chi connectivity index (χ4v) is 5.55. The molecule has 1 N–H and O–H groups in total. The van der Waals surface area contributed by atoms with E-state index in [1.54, 1.807) is 37.5 Å². The molecule has 0 aliphatic carbocycles. The summed E-state index contributed by atoms with van der Waals surface area (Å²) in [7, 11) is -0.653. The Hall–Kier alpha value is -4.96. The molecule has 6 rings (SSSR count). The van der Waals surface area contributed by atoms with Gasteiger partial charge in [-0.25, -0.2) is 12.8 Å². The Bertz CT molecular complexity index is 2100. The summed E-state index contributed by atoms with van der Waals surface area (Å²) in [5.41, 5.74) is 6.20. The Labute approximate surface area is 242 Å². The Morgan fingerprint density at radius 2 is 1.71 bits per heavy atom. The van der Waals surface area contributed by atoms with Crippen molar-refractivity contribution in [1.82, 2.24) is 14.9 Å². The molecular formula is C32H27FN4O4S. The molecule has 0 aliphatic heterocycles. The lowest BCUT2D eigenvalue weighted by Crippen LogP contribution is -2.25. The van der Waals surface area contributed by atoms with E-state index in [-0.39, 0.29) is 11.7 Å². The summed E-state index contributed by atoms with van der Waals surface area (Å²) >= 11 is 0. The number of nitrogens with zero attached hydrogens (tertiary/aromatic N) is 3. The molecule has 0 aliphatic rings. The number of hydrogen-bond acceptors (Lipinski definition) is 5. The lowest BCUT2D eigenvalue weighted by Gasteiger charge is -2.20. The molecule has 0 saturated heterocycles. The average molecular weight is 583 g/mol. The summed E-state index contributed by atoms with van der Waals surface area (Å²) in [6.07, 6.45) is 4.63. The maximum Gasteiger partial charge on any atom is 0.255 e. The van der Waals surface area contributed by atoms with Gasteiger partial charge in [-0.2, -0.15) is 0 Å². The van der Waals surface area contributed by atoms with E-state index in [0.717, 1.165) is 28.6 Å². The second kappa shape index (κ2) is 10.1. The minimum absolute atomic E-state index is 0.335. The van der Waals surface area contributed by atoms with Gasteiger partial charge in [0.15, 0.2) is 0 Å². The van der Waals surface area contributed by atoms with Crippen LogP contribution in [0.4, 0.5) is 10.1 Å². The van der Waals surface area contributed by atoms with Crippen LogP contribution in [0, 0.1) is 12.7 Å². The number of carbonyl (C=O) groups is 1. The highest BCUT2D eigenvalue weighted by Gasteiger charge is 2.26. The van der Waals surface area contributed by atoms with E-state index in [1.807, 2.05) is 54.1 Å². The summed E-state index contributed by atoms with van der Waals surface area (Å²) in [4.78, 5) is 17.9. The van der Waals surface area contributed by atoms with Gasteiger partial charge in [-0.15, -0.1) is 0 Å². The minimum Gasteiger partial charge on any atom is -0.455 e. The second-order valence-corrected chi connectivity index (χ2v) is 12.2. The number of carbonyl (C=O) groups excluding carboxylic acids is 1. The Balaban J connectivity index is 1.63. The number of furan rings is 1. The number of nitrogens with one attached hydrogen (secondary N) is 1. The third-order valence-corrected chi connectivity index (χ3v) is 8.56. The van der Waals surface area contributed by atoms with Crippen molar-refractivity contribution in [3.05, 3.63) is 102 Å². The van der Waals surface area contributed by atoms with Gasteiger partial charge in [0, 0.05) is 60.3 Å². The minimum atomic E-state index is -3.67. The standard InChI is InChI=1S/C32H27FN4O4S/c1-19-5-7-20(8-6-19)31-30(32(38)34-2)25-16-24(27(17-29(25)41-31)36(3)42(4,39)40)21-15-28-26(35-18-21)13-14-37(28)23-11-9-22(33)10-12-23/h5-18H,1-4H3,(H,34,38). The van der Waals surface area contributed by atoms with Crippen LogP contribution >= 0.6 is 0 Å². The van der Waals surface area contributed by atoms with Gasteiger partial charge in [-0.3, -0.25) is 14.1 Å². The molecule has 0 unspecified atom stereocenters. The molecule has 10 heteroatoms. The summed E-state index contributed by atoms with van der Waals surface area (Å²) in [6, 6.07) is 20.9. The lowest BCUT2D eigenvalue weighted by atomic mass is 9.99. The molecule has 3 aromatic heterocycles. The molecule has 6 aromatic rings. The van der Waals surface area contributed by atoms with E-state index in [1.165, 1.54) is 23.5 Å². The van der Waals surface area contributed by atoms with Gasteiger partial charge in [0.1, 0.15) is 17.2 Å². The van der Waals surface area contributed by atoms with Crippen molar-refractivity contribution in [2.45, 2.75) is 6.92 Å². The molecular weight excluding hydrogens is 555 g/mol. The monoisotopic (exact) mass is 582 g/mol. The normalized spacial score (nSPS) is 11.7. The molecule has 0 atom stereocenters. The zero-order valence-electron chi connectivity index (χ0n) is 23.3. The van der Waals surface area contributed by atoms with Crippen molar-refractivity contribution in [2.75, 3.05) is 24.7 Å². The topological polar surface area (TPSA) is 97.4 Å². The van der Waals surface area contributed by atoms with E-state index in [4.69, 9.17) is 4.42 Å². The quantitative estimate of drug-likeness (QED) is 0.248. The van der Waals surface area contributed by atoms with Crippen molar-refractivity contribution in [3.63, 3.8) is 0 Å². The number of benzene rings is 3. The third-order valence-electron chi connectivity index (χ3n) is 7.37. The number of rotatable bonds is 6. The highest BCUT2D eigenvalue weighted by atomic mass is 32.2. The van der Waals surface area contributed by atoms with Crippen LogP contribution in [-0.4, -0.2) is 44.2 Å². The highest BCUT2D eigenvalue weighted by molar-refractivity contribution is 7.92. The molecule has 8 nitrogen and oxygen atoms in total. The van der Waals surface area contributed by atoms with Gasteiger partial charge in [-0.05, 0) is 49.4 Å². The molecule has 0 saturated carbocycles. The van der Waals surface area contributed by atoms with Gasteiger partial charge in [0.2, 0.25) is 10.0 Å². The molecule has 0 fully saturated rings. The number of aromatic nitrogens is 2. The van der Waals surface area contributed by atoms with E-state index in [2.05, 4.69) is 10.3 Å². The van der Waals surface area contributed by atoms with Crippen LogP contribution in [0.5, 0.6) is 0 Å². The van der Waals surface area contributed by atoms with Crippen molar-refractivity contribution < 1.29 is 22.0 Å². The SMILES string of the molecule is CNC(=O)c1c(-c2ccc(C)cc2)oc2cc(N(C)S(C)(=O)=O)c(-c3cnc4ccn(-c5ccc(F)cc5)c4c3)cc12. The van der Waals surface area contributed by atoms with Crippen molar-refractivity contribution >= 4 is 43.6 Å². The number of halogens is 1. The molecule has 0 bridgehead atoms. The molecule has 42 heavy (non-hydrogen) atoms. The van der Waals surface area contributed by atoms with E-state index < -0.39 is 10.0 Å². The lowest BCUT2D eigenvalue weighted by molar-refractivity contribution is 0.0964. The van der Waals surface area contributed by atoms with Crippen LogP contribution in [0.25, 0.3) is 50.1 Å². The highest BCUT2D eigenvalue weighted by Crippen LogP contribution is 2.41. The third kappa shape index (κ3) is 4.69. The smallest absolute Gasteiger partial charge is 0.255 e. The van der Waals surface area contributed by atoms with Crippen molar-refractivity contribution in [1.29, 1.82) is 0 Å². The maximum absolute atomic E-state index is 13.6. The van der Waals surface area contributed by atoms with Crippen molar-refractivity contribution in [3.8, 4) is 28.1 Å². The van der Waals surface area contributed by atoms with E-state index in [9.17, 15) is 17.6 Å². The number of amides is 1. The number of pyridine rings is 1. The fraction of sp³-hybridized carbons (Fsp3) is 0.125. The largest absolute Gasteiger partial charge is 0.455 e. The first-order chi connectivity index (χ1) is 20.0. The zero-order chi connectivity index (χ0) is 29.8. The fourth-order valence-electron chi connectivity index (χ4n) is 5.05. The van der Waals surface area contributed by atoms with E-state index >= 15 is 0 Å². The van der Waals surface area contributed by atoms with Gasteiger partial charge in [0.25, 0.3) is 5.91 Å². The predicted molar refractivity (Wildman–Crippen MR) is 163 cm³/mol. The molecule has 1 amide bonds. The number of sulfonamides is 1. The van der Waals surface area contributed by atoms with Crippen LogP contribution in [-0.2, 0) is 10.0 Å². The van der Waals surface area contributed by atoms with Crippen molar-refractivity contribution in [2.24, 2.45) is 0 Å². The molecule has 3 aromatic carbocycles. The Morgan fingerprint density at radius 1 is 1.00 bits per heavy atom. The van der Waals surface area contributed by atoms with Gasteiger partial charge in [-0.1, -0.05) is 29.8 Å². The molecule has 212 valence electrons. The van der Waals surface area contributed by atoms with Crippen LogP contribution in [0.2, 0.25) is 0 Å². The maximum atomic E-state index is 13.6. The molecule has 0 radical (unpaired) electrons. The molecule has 3 heterocycles. The Kier molecular flexibility index (Phi) is 6.58. The predicted octanol–water partition coefficient (Wildman–Crippen LogP) is 6.31.